The van der Waals surface area contributed by atoms with E-state index in [-0.39, 0.29) is 0 Å². The average Bonchev–Trinajstić information content (AvgIpc) is 2.53. The predicted octanol–water partition coefficient (Wildman–Crippen LogP) is 6.28. The molecule has 0 aliphatic carbocycles. The van der Waals surface area contributed by atoms with Crippen molar-refractivity contribution in [3.63, 3.8) is 0 Å². The molecule has 0 heterocycles. The van der Waals surface area contributed by atoms with Crippen LogP contribution in [0.5, 0.6) is 0 Å². The van der Waals surface area contributed by atoms with E-state index in [1.54, 1.807) is 5.30 Å². The second kappa shape index (κ2) is 9.96. The van der Waals surface area contributed by atoms with Crippen LogP contribution in [0.25, 0.3) is 10.8 Å². The van der Waals surface area contributed by atoms with Gasteiger partial charge in [0.2, 0.25) is 0 Å². The highest BCUT2D eigenvalue weighted by Crippen LogP contribution is 2.21. The van der Waals surface area contributed by atoms with Crippen molar-refractivity contribution in [1.29, 1.82) is 0 Å². The molecule has 1 atom stereocenters. The van der Waals surface area contributed by atoms with E-state index in [9.17, 15) is 0 Å². The van der Waals surface area contributed by atoms with Gasteiger partial charge < -0.3 is 0 Å². The Bertz CT molecular complexity index is 513. The third-order valence-corrected chi connectivity index (χ3v) is 5.56. The van der Waals surface area contributed by atoms with Gasteiger partial charge in [-0.1, -0.05) is 103 Å². The van der Waals surface area contributed by atoms with Crippen LogP contribution in [0, 0.1) is 0 Å². The lowest BCUT2D eigenvalue weighted by Gasteiger charge is -2.07. The molecule has 0 saturated carbocycles. The maximum absolute atomic E-state index is 2.31. The van der Waals surface area contributed by atoms with Crippen LogP contribution in [-0.4, -0.2) is 6.16 Å². The number of rotatable bonds is 10. The van der Waals surface area contributed by atoms with Gasteiger partial charge in [-0.25, -0.2) is 0 Å². The molecule has 0 aromatic heterocycles. The molecule has 1 heteroatoms. The molecule has 2 aromatic rings. The van der Waals surface area contributed by atoms with Gasteiger partial charge in [-0.3, -0.25) is 0 Å². The van der Waals surface area contributed by atoms with E-state index in [0.29, 0.717) is 0 Å². The van der Waals surface area contributed by atoms with Gasteiger partial charge in [0.15, 0.2) is 0 Å². The molecule has 114 valence electrons. The number of benzene rings is 2. The lowest BCUT2D eigenvalue weighted by Crippen LogP contribution is -1.97. The third-order valence-electron chi connectivity index (χ3n) is 4.14. The number of fused-ring (bicyclic) bond motifs is 1. The Kier molecular flexibility index (Phi) is 7.82. The van der Waals surface area contributed by atoms with E-state index < -0.39 is 0 Å². The quantitative estimate of drug-likeness (QED) is 0.357. The fourth-order valence-electron chi connectivity index (χ4n) is 2.86. The molecule has 0 fully saturated rings. The van der Waals surface area contributed by atoms with Gasteiger partial charge >= 0.3 is 0 Å². The molecule has 0 N–H and O–H groups in total. The minimum atomic E-state index is 0.970. The van der Waals surface area contributed by atoms with Crippen LogP contribution in [0.2, 0.25) is 0 Å². The van der Waals surface area contributed by atoms with Crippen molar-refractivity contribution in [2.75, 3.05) is 6.16 Å². The van der Waals surface area contributed by atoms with Crippen molar-refractivity contribution in [3.05, 3.63) is 42.5 Å². The molecule has 0 nitrogen and oxygen atoms in total. The summed E-state index contributed by atoms with van der Waals surface area (Å²) in [6.07, 6.45) is 12.7. The Morgan fingerprint density at radius 3 is 2.19 bits per heavy atom. The number of hydrogen-bond donors (Lipinski definition) is 0. The van der Waals surface area contributed by atoms with Crippen molar-refractivity contribution >= 4 is 24.7 Å². The second-order valence-electron chi connectivity index (χ2n) is 5.93. The third kappa shape index (κ3) is 5.79. The van der Waals surface area contributed by atoms with Gasteiger partial charge in [0.1, 0.15) is 0 Å². The first-order chi connectivity index (χ1) is 10.4. The molecule has 0 bridgehead atoms. The van der Waals surface area contributed by atoms with Crippen LogP contribution in [0.4, 0.5) is 0 Å². The fourth-order valence-corrected chi connectivity index (χ4v) is 4.19. The molecule has 2 rings (SSSR count). The Morgan fingerprint density at radius 1 is 0.714 bits per heavy atom. The SMILES string of the molecule is CCCCCCCCCCPc1cccc2ccccc12. The Morgan fingerprint density at radius 2 is 1.38 bits per heavy atom. The van der Waals surface area contributed by atoms with Crippen LogP contribution in [0.1, 0.15) is 58.3 Å². The first-order valence-electron chi connectivity index (χ1n) is 8.63. The minimum absolute atomic E-state index is 0.970. The van der Waals surface area contributed by atoms with E-state index in [1.165, 1.54) is 68.3 Å². The van der Waals surface area contributed by atoms with Crippen molar-refractivity contribution in [2.24, 2.45) is 0 Å². The molecule has 0 aliphatic rings. The van der Waals surface area contributed by atoms with Gasteiger partial charge in [0, 0.05) is 0 Å². The standard InChI is InChI=1S/C20H29P/c1-2-3-4-5-6-7-8-11-17-21-20-16-12-14-18-13-9-10-15-19(18)20/h9-10,12-16,21H,2-8,11,17H2,1H3. The fraction of sp³-hybridized carbons (Fsp3) is 0.500. The van der Waals surface area contributed by atoms with Crippen LogP contribution in [0.3, 0.4) is 0 Å². The number of hydrogen-bond acceptors (Lipinski definition) is 0. The highest BCUT2D eigenvalue weighted by atomic mass is 31.1. The summed E-state index contributed by atoms with van der Waals surface area (Å²) in [5, 5.41) is 4.40. The van der Waals surface area contributed by atoms with E-state index >= 15 is 0 Å². The van der Waals surface area contributed by atoms with Crippen LogP contribution in [-0.2, 0) is 0 Å². The minimum Gasteiger partial charge on any atom is -0.0897 e. The van der Waals surface area contributed by atoms with Gasteiger partial charge in [-0.2, -0.15) is 0 Å². The molecule has 0 spiro atoms. The highest BCUT2D eigenvalue weighted by molar-refractivity contribution is 7.47. The normalized spacial score (nSPS) is 11.7. The highest BCUT2D eigenvalue weighted by Gasteiger charge is 2.00. The smallest absolute Gasteiger partial charge is 0.0110 e. The maximum atomic E-state index is 2.31. The maximum Gasteiger partial charge on any atom is -0.0110 e. The molecule has 2 aromatic carbocycles. The van der Waals surface area contributed by atoms with Crippen LogP contribution in [0.15, 0.2) is 42.5 Å². The van der Waals surface area contributed by atoms with Crippen LogP contribution < -0.4 is 5.30 Å². The van der Waals surface area contributed by atoms with Crippen molar-refractivity contribution in [1.82, 2.24) is 0 Å². The Balaban J connectivity index is 1.64. The molecule has 0 radical (unpaired) electrons. The van der Waals surface area contributed by atoms with Gasteiger partial charge in [-0.05, 0) is 28.7 Å². The van der Waals surface area contributed by atoms with Gasteiger partial charge in [-0.15, -0.1) is 0 Å². The summed E-state index contributed by atoms with van der Waals surface area (Å²) in [4.78, 5) is 0. The summed E-state index contributed by atoms with van der Waals surface area (Å²) < 4.78 is 0. The first kappa shape index (κ1) is 16.5. The molecular weight excluding hydrogens is 271 g/mol. The largest absolute Gasteiger partial charge is 0.0897 e. The molecule has 0 amide bonds. The molecule has 21 heavy (non-hydrogen) atoms. The topological polar surface area (TPSA) is 0 Å². The summed E-state index contributed by atoms with van der Waals surface area (Å²) in [6.45, 7) is 2.29. The molecule has 0 aliphatic heterocycles. The summed E-state index contributed by atoms with van der Waals surface area (Å²) >= 11 is 0. The van der Waals surface area contributed by atoms with E-state index in [0.717, 1.165) is 8.58 Å². The zero-order valence-corrected chi connectivity index (χ0v) is 14.4. The van der Waals surface area contributed by atoms with Crippen molar-refractivity contribution < 1.29 is 0 Å². The second-order valence-corrected chi connectivity index (χ2v) is 7.32. The zero-order chi connectivity index (χ0) is 14.8. The summed E-state index contributed by atoms with van der Waals surface area (Å²) in [5.74, 6) is 0. The van der Waals surface area contributed by atoms with E-state index in [2.05, 4.69) is 49.4 Å². The Labute approximate surface area is 132 Å². The summed E-state index contributed by atoms with van der Waals surface area (Å²) in [5.41, 5.74) is 0. The molecular formula is C20H29P. The summed E-state index contributed by atoms with van der Waals surface area (Å²) in [7, 11) is 0.970. The van der Waals surface area contributed by atoms with E-state index in [4.69, 9.17) is 0 Å². The Hall–Kier alpha value is -0.870. The van der Waals surface area contributed by atoms with Crippen molar-refractivity contribution in [2.45, 2.75) is 58.3 Å². The lowest BCUT2D eigenvalue weighted by atomic mass is 10.1. The van der Waals surface area contributed by atoms with Crippen LogP contribution >= 0.6 is 8.58 Å². The lowest BCUT2D eigenvalue weighted by molar-refractivity contribution is 0.586. The van der Waals surface area contributed by atoms with Gasteiger partial charge in [0.25, 0.3) is 0 Å². The average molecular weight is 300 g/mol. The van der Waals surface area contributed by atoms with Gasteiger partial charge in [0.05, 0.1) is 0 Å². The van der Waals surface area contributed by atoms with Crippen molar-refractivity contribution in [3.8, 4) is 0 Å². The zero-order valence-electron chi connectivity index (χ0n) is 13.4. The molecule has 1 unspecified atom stereocenters. The first-order valence-corrected chi connectivity index (χ1v) is 9.84. The van der Waals surface area contributed by atoms with E-state index in [1.807, 2.05) is 0 Å². The molecule has 0 saturated heterocycles. The number of unbranched alkanes of at least 4 members (excludes halogenated alkanes) is 7. The predicted molar refractivity (Wildman–Crippen MR) is 99.4 cm³/mol. The monoisotopic (exact) mass is 300 g/mol. The summed E-state index contributed by atoms with van der Waals surface area (Å²) in [6, 6.07) is 15.5.